The molecule has 0 radical (unpaired) electrons. The van der Waals surface area contributed by atoms with Crippen LogP contribution in [0.15, 0.2) is 30.3 Å². The van der Waals surface area contributed by atoms with Gasteiger partial charge in [-0.3, -0.25) is 0 Å². The monoisotopic (exact) mass is 228 g/mol. The van der Waals surface area contributed by atoms with Gasteiger partial charge in [-0.15, -0.1) is 0 Å². The minimum atomic E-state index is -1.25. The van der Waals surface area contributed by atoms with E-state index in [1.54, 1.807) is 7.11 Å². The third kappa shape index (κ3) is 5.12. The Bertz CT molecular complexity index is 253. The third-order valence-corrected chi connectivity index (χ3v) is 2.82. The Kier molecular flexibility index (Phi) is 6.33. The van der Waals surface area contributed by atoms with Crippen LogP contribution in [-0.4, -0.2) is 13.7 Å². The Morgan fingerprint density at radius 2 is 1.93 bits per heavy atom. The zero-order valence-corrected chi connectivity index (χ0v) is 10.1. The Morgan fingerprint density at radius 3 is 2.53 bits per heavy atom. The average molecular weight is 228 g/mol. The van der Waals surface area contributed by atoms with Gasteiger partial charge < -0.3 is 13.6 Å². The van der Waals surface area contributed by atoms with E-state index in [-0.39, 0.29) is 0 Å². The summed E-state index contributed by atoms with van der Waals surface area (Å²) in [5.41, 5.74) is 0. The summed E-state index contributed by atoms with van der Waals surface area (Å²) >= 11 is 0. The van der Waals surface area contributed by atoms with Crippen LogP contribution in [0, 0.1) is 0 Å². The number of hydrogen-bond donors (Lipinski definition) is 0. The van der Waals surface area contributed by atoms with Crippen molar-refractivity contribution < 1.29 is 13.6 Å². The van der Waals surface area contributed by atoms with Gasteiger partial charge in [-0.05, 0) is 18.6 Å². The van der Waals surface area contributed by atoms with Gasteiger partial charge in [-0.1, -0.05) is 31.5 Å². The third-order valence-electron chi connectivity index (χ3n) is 1.77. The predicted octanol–water partition coefficient (Wildman–Crippen LogP) is 3.76. The molecule has 1 aromatic rings. The maximum atomic E-state index is 5.53. The molecule has 0 bridgehead atoms. The summed E-state index contributed by atoms with van der Waals surface area (Å²) in [6.45, 7) is 2.80. The second-order valence-electron chi connectivity index (χ2n) is 3.00. The Hall–Kier alpha value is -0.630. The highest BCUT2D eigenvalue weighted by Crippen LogP contribution is 2.39. The van der Waals surface area contributed by atoms with Crippen molar-refractivity contribution in [2.75, 3.05) is 13.7 Å². The first-order valence-electron chi connectivity index (χ1n) is 5.07. The maximum Gasteiger partial charge on any atom is 0.396 e. The van der Waals surface area contributed by atoms with Gasteiger partial charge in [0.1, 0.15) is 5.75 Å². The van der Waals surface area contributed by atoms with E-state index in [0.717, 1.165) is 18.6 Å². The fraction of sp³-hybridized carbons (Fsp3) is 0.455. The van der Waals surface area contributed by atoms with Crippen molar-refractivity contribution in [2.24, 2.45) is 0 Å². The first kappa shape index (κ1) is 12.4. The van der Waals surface area contributed by atoms with Crippen LogP contribution >= 0.6 is 8.60 Å². The summed E-state index contributed by atoms with van der Waals surface area (Å²) in [5, 5.41) is 0. The van der Waals surface area contributed by atoms with Crippen LogP contribution in [-0.2, 0) is 9.05 Å². The Labute approximate surface area is 92.4 Å². The van der Waals surface area contributed by atoms with Crippen LogP contribution in [0.3, 0.4) is 0 Å². The van der Waals surface area contributed by atoms with Gasteiger partial charge in [-0.25, -0.2) is 0 Å². The molecule has 15 heavy (non-hydrogen) atoms. The second kappa shape index (κ2) is 7.63. The maximum absolute atomic E-state index is 5.53. The minimum absolute atomic E-state index is 0.683. The molecule has 0 aliphatic rings. The largest absolute Gasteiger partial charge is 0.427 e. The highest BCUT2D eigenvalue weighted by atomic mass is 31.2. The molecular weight excluding hydrogens is 211 g/mol. The van der Waals surface area contributed by atoms with Gasteiger partial charge in [0.2, 0.25) is 0 Å². The molecule has 0 saturated heterocycles. The molecule has 0 amide bonds. The highest BCUT2D eigenvalue weighted by molar-refractivity contribution is 7.42. The Morgan fingerprint density at radius 1 is 1.20 bits per heavy atom. The molecule has 1 rings (SSSR count). The molecule has 0 aliphatic carbocycles. The van der Waals surface area contributed by atoms with E-state index in [4.69, 9.17) is 13.6 Å². The molecule has 0 fully saturated rings. The van der Waals surface area contributed by atoms with Crippen LogP contribution in [0.2, 0.25) is 0 Å². The van der Waals surface area contributed by atoms with Crippen LogP contribution in [0.5, 0.6) is 5.75 Å². The van der Waals surface area contributed by atoms with Gasteiger partial charge in [0.15, 0.2) is 0 Å². The van der Waals surface area contributed by atoms with E-state index in [0.29, 0.717) is 6.61 Å². The number of unbranched alkanes of at least 4 members (excludes halogenated alkanes) is 1. The molecule has 84 valence electrons. The first-order valence-corrected chi connectivity index (χ1v) is 6.16. The van der Waals surface area contributed by atoms with E-state index >= 15 is 0 Å². The van der Waals surface area contributed by atoms with Crippen LogP contribution in [0.1, 0.15) is 19.8 Å². The fourth-order valence-corrected chi connectivity index (χ4v) is 1.77. The molecule has 1 unspecified atom stereocenters. The van der Waals surface area contributed by atoms with E-state index in [1.165, 1.54) is 0 Å². The smallest absolute Gasteiger partial charge is 0.396 e. The van der Waals surface area contributed by atoms with Gasteiger partial charge in [-0.2, -0.15) is 0 Å². The summed E-state index contributed by atoms with van der Waals surface area (Å²) < 4.78 is 16.1. The molecule has 4 heteroatoms. The first-order chi connectivity index (χ1) is 7.36. The lowest BCUT2D eigenvalue weighted by Gasteiger charge is -2.14. The van der Waals surface area contributed by atoms with Gasteiger partial charge in [0.25, 0.3) is 0 Å². The van der Waals surface area contributed by atoms with Crippen LogP contribution in [0.4, 0.5) is 0 Å². The SMILES string of the molecule is CCCCOP(OC)Oc1ccccc1. The van der Waals surface area contributed by atoms with E-state index < -0.39 is 8.60 Å². The van der Waals surface area contributed by atoms with Crippen molar-refractivity contribution in [3.05, 3.63) is 30.3 Å². The van der Waals surface area contributed by atoms with Crippen molar-refractivity contribution >= 4 is 8.60 Å². The standard InChI is InChI=1S/C11H17O3P/c1-3-4-10-13-15(12-2)14-11-8-6-5-7-9-11/h5-9H,3-4,10H2,1-2H3. The van der Waals surface area contributed by atoms with Gasteiger partial charge in [0.05, 0.1) is 6.61 Å². The highest BCUT2D eigenvalue weighted by Gasteiger charge is 2.11. The van der Waals surface area contributed by atoms with Crippen molar-refractivity contribution in [1.29, 1.82) is 0 Å². The summed E-state index contributed by atoms with van der Waals surface area (Å²) in [6.07, 6.45) is 2.14. The average Bonchev–Trinajstić information content (AvgIpc) is 2.29. The Balaban J connectivity index is 2.33. The van der Waals surface area contributed by atoms with E-state index in [2.05, 4.69) is 6.92 Å². The van der Waals surface area contributed by atoms with Crippen LogP contribution in [0.25, 0.3) is 0 Å². The van der Waals surface area contributed by atoms with E-state index in [9.17, 15) is 0 Å². The molecule has 1 atom stereocenters. The van der Waals surface area contributed by atoms with Crippen molar-refractivity contribution in [3.63, 3.8) is 0 Å². The minimum Gasteiger partial charge on any atom is -0.427 e. The summed E-state index contributed by atoms with van der Waals surface area (Å²) in [5.74, 6) is 0.780. The number of hydrogen-bond acceptors (Lipinski definition) is 3. The zero-order valence-electron chi connectivity index (χ0n) is 9.18. The second-order valence-corrected chi connectivity index (χ2v) is 4.25. The molecule has 0 aliphatic heterocycles. The lowest BCUT2D eigenvalue weighted by molar-refractivity contribution is 0.231. The van der Waals surface area contributed by atoms with Crippen molar-refractivity contribution in [1.82, 2.24) is 0 Å². The molecule has 0 N–H and O–H groups in total. The van der Waals surface area contributed by atoms with Crippen molar-refractivity contribution in [2.45, 2.75) is 19.8 Å². The molecular formula is C11H17O3P. The summed E-state index contributed by atoms with van der Waals surface area (Å²) in [4.78, 5) is 0. The molecule has 1 aromatic carbocycles. The summed E-state index contributed by atoms with van der Waals surface area (Å²) in [7, 11) is 0.351. The topological polar surface area (TPSA) is 27.7 Å². The number of rotatable bonds is 7. The van der Waals surface area contributed by atoms with Gasteiger partial charge >= 0.3 is 8.60 Å². The number of para-hydroxylation sites is 1. The lowest BCUT2D eigenvalue weighted by atomic mass is 10.3. The zero-order chi connectivity index (χ0) is 10.9. The van der Waals surface area contributed by atoms with E-state index in [1.807, 2.05) is 30.3 Å². The fourth-order valence-electron chi connectivity index (χ4n) is 0.967. The predicted molar refractivity (Wildman–Crippen MR) is 61.9 cm³/mol. The molecule has 3 nitrogen and oxygen atoms in total. The quantitative estimate of drug-likeness (QED) is 0.525. The number of benzene rings is 1. The molecule has 0 heterocycles. The summed E-state index contributed by atoms with van der Waals surface area (Å²) in [6, 6.07) is 9.56. The molecule has 0 saturated carbocycles. The lowest BCUT2D eigenvalue weighted by Crippen LogP contribution is -1.96. The van der Waals surface area contributed by atoms with Crippen molar-refractivity contribution in [3.8, 4) is 5.75 Å². The molecule has 0 aromatic heterocycles. The van der Waals surface area contributed by atoms with Crippen LogP contribution < -0.4 is 4.52 Å². The molecule has 0 spiro atoms. The van der Waals surface area contributed by atoms with Gasteiger partial charge in [0, 0.05) is 7.11 Å². The normalized spacial score (nSPS) is 12.4.